The first kappa shape index (κ1) is 14.9. The van der Waals surface area contributed by atoms with Gasteiger partial charge in [0.25, 0.3) is 0 Å². The maximum absolute atomic E-state index is 12.9. The van der Waals surface area contributed by atoms with Crippen molar-refractivity contribution in [1.29, 1.82) is 5.41 Å². The molecule has 0 spiro atoms. The minimum atomic E-state index is -1.03. The van der Waals surface area contributed by atoms with E-state index in [0.717, 1.165) is 12.1 Å². The van der Waals surface area contributed by atoms with E-state index < -0.39 is 23.2 Å². The quantitative estimate of drug-likeness (QED) is 0.467. The molecule has 1 aromatic rings. The van der Waals surface area contributed by atoms with Gasteiger partial charge in [0.2, 0.25) is 5.96 Å². The van der Waals surface area contributed by atoms with E-state index in [2.05, 4.69) is 16.0 Å². The van der Waals surface area contributed by atoms with E-state index in [9.17, 15) is 13.6 Å². The second kappa shape index (κ2) is 5.64. The van der Waals surface area contributed by atoms with Gasteiger partial charge in [0.05, 0.1) is 0 Å². The van der Waals surface area contributed by atoms with Crippen molar-refractivity contribution in [3.8, 4) is 0 Å². The Balaban J connectivity index is 2.56. The summed E-state index contributed by atoms with van der Waals surface area (Å²) in [4.78, 5) is 11.4. The molecule has 2 amide bonds. The zero-order chi connectivity index (χ0) is 14.6. The Hall–Kier alpha value is -2.18. The van der Waals surface area contributed by atoms with Gasteiger partial charge in [-0.2, -0.15) is 0 Å². The van der Waals surface area contributed by atoms with Gasteiger partial charge in [0.15, 0.2) is 11.6 Å². The fraction of sp³-hybridized carbons (Fsp3) is 0.333. The lowest BCUT2D eigenvalue weighted by molar-refractivity contribution is 0.236. The van der Waals surface area contributed by atoms with Crippen LogP contribution in [0.3, 0.4) is 0 Å². The Bertz CT molecular complexity index is 497. The van der Waals surface area contributed by atoms with Crippen LogP contribution in [0.1, 0.15) is 20.8 Å². The number of halogens is 2. The van der Waals surface area contributed by atoms with E-state index in [1.807, 2.05) is 0 Å². The largest absolute Gasteiger partial charge is 0.333 e. The third-order valence-electron chi connectivity index (χ3n) is 1.92. The van der Waals surface area contributed by atoms with E-state index in [4.69, 9.17) is 5.41 Å². The number of rotatable bonds is 1. The lowest BCUT2D eigenvalue weighted by Gasteiger charge is -2.21. The van der Waals surface area contributed by atoms with Gasteiger partial charge in [-0.1, -0.05) is 0 Å². The van der Waals surface area contributed by atoms with Crippen LogP contribution in [0.25, 0.3) is 0 Å². The smallest absolute Gasteiger partial charge is 0.321 e. The number of carbonyl (C=O) groups excluding carboxylic acids is 1. The summed E-state index contributed by atoms with van der Waals surface area (Å²) in [7, 11) is 0. The number of hydrogen-bond donors (Lipinski definition) is 4. The highest BCUT2D eigenvalue weighted by atomic mass is 19.2. The summed E-state index contributed by atoms with van der Waals surface area (Å²) in [5.74, 6) is -2.35. The van der Waals surface area contributed by atoms with E-state index in [0.29, 0.717) is 0 Å². The van der Waals surface area contributed by atoms with Crippen molar-refractivity contribution in [2.24, 2.45) is 0 Å². The van der Waals surface area contributed by atoms with Gasteiger partial charge in [-0.05, 0) is 32.9 Å². The number of anilines is 1. The zero-order valence-corrected chi connectivity index (χ0v) is 10.9. The molecule has 0 aromatic heterocycles. The molecule has 0 radical (unpaired) electrons. The molecule has 0 aliphatic heterocycles. The maximum Gasteiger partial charge on any atom is 0.321 e. The first-order chi connectivity index (χ1) is 8.67. The summed E-state index contributed by atoms with van der Waals surface area (Å²) in [6.07, 6.45) is 0. The molecule has 0 heterocycles. The molecule has 4 N–H and O–H groups in total. The van der Waals surface area contributed by atoms with Crippen LogP contribution in [0.5, 0.6) is 0 Å². The molecule has 0 aliphatic carbocycles. The average molecular weight is 270 g/mol. The number of carbonyl (C=O) groups is 1. The highest BCUT2D eigenvalue weighted by Crippen LogP contribution is 2.12. The van der Waals surface area contributed by atoms with Gasteiger partial charge in [-0.3, -0.25) is 10.7 Å². The molecule has 0 atom stereocenters. The van der Waals surface area contributed by atoms with Crippen molar-refractivity contribution in [2.75, 3.05) is 5.32 Å². The first-order valence-electron chi connectivity index (χ1n) is 5.57. The molecule has 0 saturated carbocycles. The van der Waals surface area contributed by atoms with Crippen molar-refractivity contribution in [3.05, 3.63) is 29.8 Å². The molecule has 0 unspecified atom stereocenters. The van der Waals surface area contributed by atoms with Gasteiger partial charge in [-0.15, -0.1) is 0 Å². The molecule has 5 nitrogen and oxygen atoms in total. The normalized spacial score (nSPS) is 10.8. The van der Waals surface area contributed by atoms with Crippen LogP contribution in [0.4, 0.5) is 19.3 Å². The van der Waals surface area contributed by atoms with E-state index in [1.54, 1.807) is 20.8 Å². The predicted molar refractivity (Wildman–Crippen MR) is 69.1 cm³/mol. The van der Waals surface area contributed by atoms with Crippen molar-refractivity contribution in [3.63, 3.8) is 0 Å². The number of urea groups is 1. The number of amides is 2. The lowest BCUT2D eigenvalue weighted by atomic mass is 10.1. The Kier molecular flexibility index (Phi) is 4.42. The van der Waals surface area contributed by atoms with E-state index >= 15 is 0 Å². The van der Waals surface area contributed by atoms with Gasteiger partial charge in [0, 0.05) is 17.3 Å². The summed E-state index contributed by atoms with van der Waals surface area (Å²) in [6, 6.07) is 2.52. The van der Waals surface area contributed by atoms with Gasteiger partial charge < -0.3 is 10.6 Å². The molecule has 104 valence electrons. The molecular formula is C12H16F2N4O. The Labute approximate surface area is 109 Å². The van der Waals surface area contributed by atoms with Crippen LogP contribution in [0, 0.1) is 17.0 Å². The molecule has 1 rings (SSSR count). The predicted octanol–water partition coefficient (Wildman–Crippen LogP) is 2.41. The maximum atomic E-state index is 12.9. The summed E-state index contributed by atoms with van der Waals surface area (Å²) in [5, 5.41) is 14.7. The number of hydrogen-bond acceptors (Lipinski definition) is 2. The average Bonchev–Trinajstić information content (AvgIpc) is 2.20. The van der Waals surface area contributed by atoms with E-state index in [1.165, 1.54) is 6.07 Å². The molecule has 0 bridgehead atoms. The number of guanidine groups is 1. The van der Waals surface area contributed by atoms with E-state index in [-0.39, 0.29) is 11.6 Å². The molecule has 1 aromatic carbocycles. The number of nitrogens with one attached hydrogen (secondary N) is 4. The summed E-state index contributed by atoms with van der Waals surface area (Å²) in [6.45, 7) is 5.37. The number of benzene rings is 1. The Morgan fingerprint density at radius 2 is 1.84 bits per heavy atom. The second-order valence-corrected chi connectivity index (χ2v) is 4.96. The van der Waals surface area contributed by atoms with Crippen molar-refractivity contribution in [1.82, 2.24) is 10.6 Å². The van der Waals surface area contributed by atoms with Crippen LogP contribution in [0.15, 0.2) is 18.2 Å². The van der Waals surface area contributed by atoms with Crippen LogP contribution in [-0.2, 0) is 0 Å². The topological polar surface area (TPSA) is 77.0 Å². The third kappa shape index (κ3) is 5.33. The van der Waals surface area contributed by atoms with Crippen LogP contribution < -0.4 is 16.0 Å². The minimum absolute atomic E-state index is 0.167. The molecule has 0 fully saturated rings. The fourth-order valence-corrected chi connectivity index (χ4v) is 1.23. The van der Waals surface area contributed by atoms with Crippen LogP contribution >= 0.6 is 0 Å². The molecule has 0 saturated heterocycles. The summed E-state index contributed by atoms with van der Waals surface area (Å²) < 4.78 is 25.6. The van der Waals surface area contributed by atoms with Crippen molar-refractivity contribution in [2.45, 2.75) is 26.3 Å². The standard InChI is InChI=1S/C12H16F2N4O/c1-12(2,3)18-11(19)17-10(15)16-7-4-5-8(13)9(14)6-7/h4-6H,1-3H3,(H4,15,16,17,18,19). The Morgan fingerprint density at radius 1 is 1.21 bits per heavy atom. The van der Waals surface area contributed by atoms with Crippen LogP contribution in [-0.4, -0.2) is 17.5 Å². The second-order valence-electron chi connectivity index (χ2n) is 4.96. The monoisotopic (exact) mass is 270 g/mol. The van der Waals surface area contributed by atoms with Gasteiger partial charge in [-0.25, -0.2) is 13.6 Å². The fourth-order valence-electron chi connectivity index (χ4n) is 1.23. The molecule has 7 heteroatoms. The van der Waals surface area contributed by atoms with Crippen molar-refractivity contribution >= 4 is 17.7 Å². The zero-order valence-electron chi connectivity index (χ0n) is 10.9. The summed E-state index contributed by atoms with van der Waals surface area (Å²) in [5.41, 5.74) is -0.272. The van der Waals surface area contributed by atoms with Crippen LogP contribution in [0.2, 0.25) is 0 Å². The van der Waals surface area contributed by atoms with Gasteiger partial charge >= 0.3 is 6.03 Å². The summed E-state index contributed by atoms with van der Waals surface area (Å²) >= 11 is 0. The molecule has 0 aliphatic rings. The van der Waals surface area contributed by atoms with Crippen molar-refractivity contribution < 1.29 is 13.6 Å². The Morgan fingerprint density at radius 3 is 2.37 bits per heavy atom. The lowest BCUT2D eigenvalue weighted by Crippen LogP contribution is -2.49. The first-order valence-corrected chi connectivity index (χ1v) is 5.57. The molecule has 19 heavy (non-hydrogen) atoms. The molecular weight excluding hydrogens is 254 g/mol. The highest BCUT2D eigenvalue weighted by Gasteiger charge is 2.14. The van der Waals surface area contributed by atoms with Gasteiger partial charge in [0.1, 0.15) is 0 Å². The minimum Gasteiger partial charge on any atom is -0.333 e. The SMILES string of the molecule is CC(C)(C)NC(=O)NC(=N)Nc1ccc(F)c(F)c1. The highest BCUT2D eigenvalue weighted by molar-refractivity contribution is 6.02. The third-order valence-corrected chi connectivity index (χ3v) is 1.92.